The lowest BCUT2D eigenvalue weighted by Crippen LogP contribution is -2.48. The Morgan fingerprint density at radius 1 is 1.50 bits per heavy atom. The Labute approximate surface area is 123 Å². The molecular weight excluding hydrogens is 232 g/mol. The number of amides is 2. The number of hydrogen-bond donors (Lipinski definition) is 2. The molecule has 0 heterocycles. The molecule has 0 aliphatic rings. The van der Waals surface area contributed by atoms with Gasteiger partial charge in [-0.05, 0) is 5.56 Å². The van der Waals surface area contributed by atoms with Crippen LogP contribution in [0.1, 0.15) is 28.9 Å². The number of rotatable bonds is 6. The number of carbonyl (C=O) groups excluding carboxylic acids is 2. The van der Waals surface area contributed by atoms with Gasteiger partial charge in [-0.2, -0.15) is 0 Å². The van der Waals surface area contributed by atoms with Gasteiger partial charge in [0.1, 0.15) is 6.04 Å². The smallest absolute Gasteiger partial charge is 0.245 e. The maximum absolute atomic E-state index is 12.5. The van der Waals surface area contributed by atoms with Gasteiger partial charge in [0.15, 0.2) is 0 Å². The second-order valence-corrected chi connectivity index (χ2v) is 2.84. The van der Waals surface area contributed by atoms with E-state index in [2.05, 4.69) is 4.74 Å². The molecule has 2 amide bonds. The molecule has 0 spiro atoms. The van der Waals surface area contributed by atoms with E-state index in [1.807, 2.05) is 0 Å². The van der Waals surface area contributed by atoms with Crippen molar-refractivity contribution in [1.29, 1.82) is 0 Å². The van der Waals surface area contributed by atoms with E-state index in [4.69, 9.17) is 16.4 Å². The summed E-state index contributed by atoms with van der Waals surface area (Å²) in [7, 11) is 0.811. The van der Waals surface area contributed by atoms with E-state index in [9.17, 15) is 9.59 Å². The minimum absolute atomic E-state index is 0.797. The van der Waals surface area contributed by atoms with Gasteiger partial charge in [0.25, 0.3) is 0 Å². The molecule has 1 aromatic carbocycles. The van der Waals surface area contributed by atoms with Gasteiger partial charge in [-0.3, -0.25) is 9.59 Å². The maximum atomic E-state index is 12.5. The second kappa shape index (κ2) is 7.45. The summed E-state index contributed by atoms with van der Waals surface area (Å²) < 4.78 is 95.0. The molecule has 0 radical (unpaired) electrons. The van der Waals surface area contributed by atoms with Crippen molar-refractivity contribution in [3.05, 3.63) is 35.8 Å². The van der Waals surface area contributed by atoms with Crippen molar-refractivity contribution in [1.82, 2.24) is 10.6 Å². The molecule has 1 atom stereocenters. The SMILES string of the molecule is [2H]c1c([2H])c([2H])c(C([2H])([2H])NC(=O)C(NC(=O)C([2H])([2H])[2H])C([2H])([2H])OC)c([2H])c1[2H]. The standard InChI is InChI=1S/C13H18N2O3/c1-10(16)15-12(9-18-2)13(17)14-8-11-6-4-3-5-7-11/h3-7,12H,8-9H2,1-2H3,(H,14,17)(H,15,16)/i1D3,3D,4D,5D,6D,7D,8D2,9D2. The van der Waals surface area contributed by atoms with Gasteiger partial charge in [-0.15, -0.1) is 0 Å². The van der Waals surface area contributed by atoms with Crippen LogP contribution in [0.25, 0.3) is 0 Å². The van der Waals surface area contributed by atoms with E-state index in [-0.39, 0.29) is 0 Å². The maximum Gasteiger partial charge on any atom is 0.245 e. The molecular formula is C13H18N2O3. The van der Waals surface area contributed by atoms with E-state index in [1.165, 1.54) is 0 Å². The fourth-order valence-corrected chi connectivity index (χ4v) is 0.906. The second-order valence-electron chi connectivity index (χ2n) is 2.84. The molecule has 1 unspecified atom stereocenters. The summed E-state index contributed by atoms with van der Waals surface area (Å²) in [5.41, 5.74) is -0.944. The van der Waals surface area contributed by atoms with E-state index in [1.54, 1.807) is 10.6 Å². The first-order valence-corrected chi connectivity index (χ1v) is 4.64. The predicted octanol–water partition coefficient (Wildman–Crippen LogP) is 0.454. The molecule has 0 saturated carbocycles. The third-order valence-corrected chi connectivity index (χ3v) is 1.58. The van der Waals surface area contributed by atoms with Crippen LogP contribution in [0, 0.1) is 0 Å². The molecule has 1 aromatic rings. The van der Waals surface area contributed by atoms with Crippen LogP contribution in [-0.4, -0.2) is 31.5 Å². The monoisotopic (exact) mass is 262 g/mol. The number of ether oxygens (including phenoxy) is 1. The molecule has 0 saturated heterocycles. The lowest BCUT2D eigenvalue weighted by atomic mass is 10.2. The first-order valence-electron chi connectivity index (χ1n) is 10.6. The largest absolute Gasteiger partial charge is 0.382 e. The summed E-state index contributed by atoms with van der Waals surface area (Å²) in [6.07, 6.45) is 0. The Balaban J connectivity index is 3.40. The van der Waals surface area contributed by atoms with Crippen LogP contribution in [0.5, 0.6) is 0 Å². The lowest BCUT2D eigenvalue weighted by Gasteiger charge is -2.16. The number of nitrogens with one attached hydrogen (secondary N) is 2. The highest BCUT2D eigenvalue weighted by molar-refractivity contribution is 5.86. The fraction of sp³-hybridized carbons (Fsp3) is 0.385. The van der Waals surface area contributed by atoms with Crippen LogP contribution in [-0.2, 0) is 20.8 Å². The predicted molar refractivity (Wildman–Crippen MR) is 67.8 cm³/mol. The molecule has 5 nitrogen and oxygen atoms in total. The topological polar surface area (TPSA) is 67.4 Å². The highest BCUT2D eigenvalue weighted by Gasteiger charge is 2.18. The molecule has 0 aliphatic carbocycles. The van der Waals surface area contributed by atoms with Crippen molar-refractivity contribution in [2.24, 2.45) is 0 Å². The van der Waals surface area contributed by atoms with Gasteiger partial charge in [0.05, 0.1) is 18.9 Å². The third-order valence-electron chi connectivity index (χ3n) is 1.58. The first-order chi connectivity index (χ1) is 13.4. The zero-order valence-corrected chi connectivity index (χ0v) is 9.30. The van der Waals surface area contributed by atoms with Crippen molar-refractivity contribution in [3.63, 3.8) is 0 Å². The van der Waals surface area contributed by atoms with Gasteiger partial charge in [-0.25, -0.2) is 0 Å². The summed E-state index contributed by atoms with van der Waals surface area (Å²) in [4.78, 5) is 24.2. The molecule has 98 valence electrons. The molecule has 0 fully saturated rings. The number of hydrogen-bond acceptors (Lipinski definition) is 3. The van der Waals surface area contributed by atoms with Gasteiger partial charge >= 0.3 is 0 Å². The summed E-state index contributed by atoms with van der Waals surface area (Å²) >= 11 is 0. The fourth-order valence-electron chi connectivity index (χ4n) is 0.906. The average molecular weight is 262 g/mol. The number of carbonyl (C=O) groups is 2. The van der Waals surface area contributed by atoms with Crippen molar-refractivity contribution < 1.29 is 30.8 Å². The summed E-state index contributed by atoms with van der Waals surface area (Å²) in [6, 6.07) is -6.80. The third kappa shape index (κ3) is 4.97. The zero-order chi connectivity index (χ0) is 23.8. The van der Waals surface area contributed by atoms with Crippen LogP contribution in [0.3, 0.4) is 0 Å². The lowest BCUT2D eigenvalue weighted by molar-refractivity contribution is -0.129. The normalized spacial score (nSPS) is 23.6. The van der Waals surface area contributed by atoms with Gasteiger partial charge in [-0.1, -0.05) is 30.2 Å². The Bertz CT molecular complexity index is 826. The summed E-state index contributed by atoms with van der Waals surface area (Å²) in [5, 5.41) is 3.24. The molecule has 5 heteroatoms. The Morgan fingerprint density at radius 3 is 2.83 bits per heavy atom. The Kier molecular flexibility index (Phi) is 1.93. The minimum atomic E-state index is -3.26. The molecule has 2 N–H and O–H groups in total. The molecule has 0 bridgehead atoms. The highest BCUT2D eigenvalue weighted by atomic mass is 16.5. The van der Waals surface area contributed by atoms with Crippen LogP contribution < -0.4 is 10.6 Å². The summed E-state index contributed by atoms with van der Waals surface area (Å²) in [6.45, 7) is -9.37. The van der Waals surface area contributed by atoms with Crippen molar-refractivity contribution >= 4 is 11.8 Å². The van der Waals surface area contributed by atoms with Crippen molar-refractivity contribution in [3.8, 4) is 0 Å². The molecule has 0 aromatic heterocycles. The molecule has 0 aliphatic heterocycles. The van der Waals surface area contributed by atoms with Crippen molar-refractivity contribution in [2.75, 3.05) is 13.7 Å². The van der Waals surface area contributed by atoms with Gasteiger partial charge < -0.3 is 15.4 Å². The van der Waals surface area contributed by atoms with Gasteiger partial charge in [0, 0.05) is 24.6 Å². The average Bonchev–Trinajstić information content (AvgIpc) is 2.60. The van der Waals surface area contributed by atoms with Crippen LogP contribution in [0.2, 0.25) is 0 Å². The number of benzene rings is 1. The zero-order valence-electron chi connectivity index (χ0n) is 21.3. The quantitative estimate of drug-likeness (QED) is 0.782. The molecule has 18 heavy (non-hydrogen) atoms. The number of methoxy groups -OCH3 is 1. The van der Waals surface area contributed by atoms with E-state index >= 15 is 0 Å². The van der Waals surface area contributed by atoms with Crippen LogP contribution >= 0.6 is 0 Å². The van der Waals surface area contributed by atoms with E-state index in [0.29, 0.717) is 0 Å². The van der Waals surface area contributed by atoms with Crippen LogP contribution in [0.15, 0.2) is 30.2 Å². The Hall–Kier alpha value is -1.88. The molecule has 1 rings (SSSR count). The van der Waals surface area contributed by atoms with E-state index < -0.39 is 73.5 Å². The van der Waals surface area contributed by atoms with Crippen LogP contribution in [0.4, 0.5) is 0 Å². The summed E-state index contributed by atoms with van der Waals surface area (Å²) in [5.74, 6) is -3.32. The van der Waals surface area contributed by atoms with E-state index in [0.717, 1.165) is 7.11 Å². The first kappa shape index (κ1) is 4.66. The van der Waals surface area contributed by atoms with Crippen molar-refractivity contribution in [2.45, 2.75) is 19.4 Å². The minimum Gasteiger partial charge on any atom is -0.382 e. The highest BCUT2D eigenvalue weighted by Crippen LogP contribution is 1.97. The van der Waals surface area contributed by atoms with Gasteiger partial charge in [0.2, 0.25) is 11.8 Å². The Morgan fingerprint density at radius 2 is 2.22 bits per heavy atom.